The predicted octanol–water partition coefficient (Wildman–Crippen LogP) is 3.69. The van der Waals surface area contributed by atoms with Gasteiger partial charge in [0.15, 0.2) is 0 Å². The van der Waals surface area contributed by atoms with Crippen LogP contribution in [0.2, 0.25) is 0 Å². The number of nitrogens with two attached hydrogens (primary N) is 1. The molecule has 0 aliphatic rings. The second kappa shape index (κ2) is 7.79. The number of ether oxygens (including phenoxy) is 1. The average molecular weight is 269 g/mol. The van der Waals surface area contributed by atoms with Crippen LogP contribution in [0, 0.1) is 6.92 Å². The summed E-state index contributed by atoms with van der Waals surface area (Å²) in [5, 5.41) is 0. The summed E-state index contributed by atoms with van der Waals surface area (Å²) in [6, 6.07) is 14.8. The summed E-state index contributed by atoms with van der Waals surface area (Å²) in [7, 11) is 1.38. The van der Waals surface area contributed by atoms with Crippen LogP contribution >= 0.6 is 0 Å². The molecule has 0 aliphatic heterocycles. The molecule has 0 saturated heterocycles. The fourth-order valence-electron chi connectivity index (χ4n) is 1.44. The number of benzene rings is 2. The highest BCUT2D eigenvalue weighted by molar-refractivity contribution is 5.89. The molecule has 0 radical (unpaired) electrons. The van der Waals surface area contributed by atoms with Gasteiger partial charge in [0.25, 0.3) is 0 Å². The molecule has 0 aromatic heterocycles. The molecule has 2 rings (SSSR count). The Balaban J connectivity index is 0.000000204. The zero-order chi connectivity index (χ0) is 15.0. The first-order valence-electron chi connectivity index (χ1n) is 6.19. The van der Waals surface area contributed by atoms with Crippen LogP contribution < -0.4 is 5.73 Å². The van der Waals surface area contributed by atoms with E-state index in [1.54, 1.807) is 18.2 Å². The number of nitrogen functional groups attached to an aromatic ring is 1. The van der Waals surface area contributed by atoms with Gasteiger partial charge in [-0.2, -0.15) is 0 Å². The van der Waals surface area contributed by atoms with E-state index in [9.17, 15) is 4.79 Å². The Kier molecular flexibility index (Phi) is 6.04. The maximum Gasteiger partial charge on any atom is 0.337 e. The number of rotatable bonds is 2. The topological polar surface area (TPSA) is 52.3 Å². The van der Waals surface area contributed by atoms with Gasteiger partial charge in [0.2, 0.25) is 0 Å². The molecule has 0 aliphatic carbocycles. The third-order valence-corrected chi connectivity index (χ3v) is 2.64. The highest BCUT2D eigenvalue weighted by atomic mass is 16.5. The van der Waals surface area contributed by atoms with E-state index < -0.39 is 0 Å². The summed E-state index contributed by atoms with van der Waals surface area (Å²) in [4.78, 5) is 10.9. The molecule has 0 saturated carbocycles. The van der Waals surface area contributed by atoms with Crippen molar-refractivity contribution in [2.75, 3.05) is 12.8 Å². The maximum absolute atomic E-state index is 10.9. The lowest BCUT2D eigenvalue weighted by molar-refractivity contribution is 0.0600. The van der Waals surface area contributed by atoms with Gasteiger partial charge in [0, 0.05) is 5.69 Å². The van der Waals surface area contributed by atoms with Crippen LogP contribution in [-0.2, 0) is 4.74 Å². The number of anilines is 1. The molecule has 3 heteroatoms. The molecule has 0 amide bonds. The number of hydrogen-bond acceptors (Lipinski definition) is 3. The zero-order valence-corrected chi connectivity index (χ0v) is 11.8. The molecule has 2 N–H and O–H groups in total. The third kappa shape index (κ3) is 4.98. The van der Waals surface area contributed by atoms with Crippen molar-refractivity contribution in [3.63, 3.8) is 0 Å². The first kappa shape index (κ1) is 15.5. The van der Waals surface area contributed by atoms with Crippen LogP contribution in [0.15, 0.2) is 55.1 Å². The van der Waals surface area contributed by atoms with Crippen molar-refractivity contribution in [3.8, 4) is 0 Å². The van der Waals surface area contributed by atoms with E-state index in [1.807, 2.05) is 43.3 Å². The van der Waals surface area contributed by atoms with Gasteiger partial charge < -0.3 is 10.5 Å². The van der Waals surface area contributed by atoms with Crippen LogP contribution in [0.3, 0.4) is 0 Å². The summed E-state index contributed by atoms with van der Waals surface area (Å²) in [6.07, 6.45) is 1.79. The number of aryl methyl sites for hydroxylation is 1. The fraction of sp³-hybridized carbons (Fsp3) is 0.118. The Morgan fingerprint density at radius 1 is 1.10 bits per heavy atom. The molecule has 104 valence electrons. The standard InChI is InChI=1S/C9H10O2.C8H9N/c1-7-3-5-8(6-4-7)9(10)11-2;1-2-7-3-5-8(9)6-4-7/h3-6H,1-2H3;2-6H,1,9H2. The van der Waals surface area contributed by atoms with E-state index in [0.29, 0.717) is 5.56 Å². The zero-order valence-electron chi connectivity index (χ0n) is 11.8. The number of carbonyl (C=O) groups excluding carboxylic acids is 1. The summed E-state index contributed by atoms with van der Waals surface area (Å²) < 4.78 is 4.54. The Morgan fingerprint density at radius 2 is 1.65 bits per heavy atom. The molecular weight excluding hydrogens is 250 g/mol. The molecule has 0 spiro atoms. The highest BCUT2D eigenvalue weighted by Crippen LogP contribution is 2.05. The van der Waals surface area contributed by atoms with E-state index in [1.165, 1.54) is 7.11 Å². The second-order valence-corrected chi connectivity index (χ2v) is 4.23. The molecule has 2 aromatic rings. The minimum absolute atomic E-state index is 0.287. The molecule has 0 unspecified atom stereocenters. The Hall–Kier alpha value is -2.55. The van der Waals surface area contributed by atoms with Gasteiger partial charge in [-0.1, -0.05) is 42.5 Å². The molecule has 2 aromatic carbocycles. The lowest BCUT2D eigenvalue weighted by Gasteiger charge is -1.97. The lowest BCUT2D eigenvalue weighted by atomic mass is 10.2. The van der Waals surface area contributed by atoms with Crippen LogP contribution in [-0.4, -0.2) is 13.1 Å². The van der Waals surface area contributed by atoms with Crippen molar-refractivity contribution in [1.82, 2.24) is 0 Å². The largest absolute Gasteiger partial charge is 0.465 e. The minimum Gasteiger partial charge on any atom is -0.465 e. The Labute approximate surface area is 119 Å². The summed E-state index contributed by atoms with van der Waals surface area (Å²) in [6.45, 7) is 5.59. The van der Waals surface area contributed by atoms with Crippen LogP contribution in [0.5, 0.6) is 0 Å². The predicted molar refractivity (Wildman–Crippen MR) is 83.5 cm³/mol. The number of hydrogen-bond donors (Lipinski definition) is 1. The van der Waals surface area contributed by atoms with Crippen molar-refractivity contribution in [2.45, 2.75) is 6.92 Å². The van der Waals surface area contributed by atoms with Gasteiger partial charge in [-0.05, 0) is 36.8 Å². The van der Waals surface area contributed by atoms with E-state index in [4.69, 9.17) is 5.73 Å². The van der Waals surface area contributed by atoms with E-state index in [2.05, 4.69) is 11.3 Å². The molecule has 0 heterocycles. The smallest absolute Gasteiger partial charge is 0.337 e. The summed E-state index contributed by atoms with van der Waals surface area (Å²) in [5.74, 6) is -0.287. The SMILES string of the molecule is C=Cc1ccc(N)cc1.COC(=O)c1ccc(C)cc1. The normalized spacial score (nSPS) is 9.10. The van der Waals surface area contributed by atoms with Crippen molar-refractivity contribution in [2.24, 2.45) is 0 Å². The van der Waals surface area contributed by atoms with E-state index in [0.717, 1.165) is 16.8 Å². The third-order valence-electron chi connectivity index (χ3n) is 2.64. The summed E-state index contributed by atoms with van der Waals surface area (Å²) >= 11 is 0. The van der Waals surface area contributed by atoms with Crippen molar-refractivity contribution < 1.29 is 9.53 Å². The molecule has 3 nitrogen and oxygen atoms in total. The molecular formula is C17H19NO2. The molecule has 0 fully saturated rings. The highest BCUT2D eigenvalue weighted by Gasteiger charge is 2.01. The van der Waals surface area contributed by atoms with Crippen LogP contribution in [0.4, 0.5) is 5.69 Å². The first-order valence-corrected chi connectivity index (χ1v) is 6.19. The Morgan fingerprint density at radius 3 is 2.10 bits per heavy atom. The van der Waals surface area contributed by atoms with E-state index >= 15 is 0 Å². The van der Waals surface area contributed by atoms with Gasteiger partial charge in [-0.25, -0.2) is 4.79 Å². The van der Waals surface area contributed by atoms with Crippen molar-refractivity contribution >= 4 is 17.7 Å². The van der Waals surface area contributed by atoms with Crippen molar-refractivity contribution in [1.29, 1.82) is 0 Å². The Bertz CT molecular complexity index is 557. The lowest BCUT2D eigenvalue weighted by Crippen LogP contribution is -2.00. The van der Waals surface area contributed by atoms with E-state index in [-0.39, 0.29) is 5.97 Å². The molecule has 0 atom stereocenters. The molecule has 20 heavy (non-hydrogen) atoms. The monoisotopic (exact) mass is 269 g/mol. The second-order valence-electron chi connectivity index (χ2n) is 4.23. The average Bonchev–Trinajstić information content (AvgIpc) is 2.49. The van der Waals surface area contributed by atoms with Gasteiger partial charge in [0.1, 0.15) is 0 Å². The number of esters is 1. The number of carbonyl (C=O) groups is 1. The van der Waals surface area contributed by atoms with Crippen LogP contribution in [0.1, 0.15) is 21.5 Å². The first-order chi connectivity index (χ1) is 9.56. The fourth-order valence-corrected chi connectivity index (χ4v) is 1.44. The van der Waals surface area contributed by atoms with Gasteiger partial charge >= 0.3 is 5.97 Å². The number of methoxy groups -OCH3 is 1. The van der Waals surface area contributed by atoms with Gasteiger partial charge in [-0.15, -0.1) is 0 Å². The van der Waals surface area contributed by atoms with Gasteiger partial charge in [0.05, 0.1) is 12.7 Å². The van der Waals surface area contributed by atoms with Crippen molar-refractivity contribution in [3.05, 3.63) is 71.8 Å². The maximum atomic E-state index is 10.9. The van der Waals surface area contributed by atoms with Gasteiger partial charge in [-0.3, -0.25) is 0 Å². The van der Waals surface area contributed by atoms with Crippen LogP contribution in [0.25, 0.3) is 6.08 Å². The summed E-state index contributed by atoms with van der Waals surface area (Å²) in [5.41, 5.74) is 9.07. The minimum atomic E-state index is -0.287. The quantitative estimate of drug-likeness (QED) is 0.668. The molecule has 0 bridgehead atoms.